The molecule has 90 heavy (non-hydrogen) atoms. The summed E-state index contributed by atoms with van der Waals surface area (Å²) in [6.07, 6.45) is 20.7. The first kappa shape index (κ1) is 89.2. The van der Waals surface area contributed by atoms with Crippen LogP contribution in [-0.4, -0.2) is 96.1 Å². The zero-order valence-corrected chi connectivity index (χ0v) is 52.6. The summed E-state index contributed by atoms with van der Waals surface area (Å²) in [5, 5.41) is 0. The predicted molar refractivity (Wildman–Crippen MR) is 283 cm³/mol. The van der Waals surface area contributed by atoms with Gasteiger partial charge in [0.1, 0.15) is 22.8 Å². The van der Waals surface area contributed by atoms with Gasteiger partial charge in [-0.15, -0.1) is 0 Å². The molecular weight excluding hydrogens is 1730 g/mol. The van der Waals surface area contributed by atoms with Crippen LogP contribution in [0.25, 0.3) is 68.3 Å². The fourth-order valence-corrected chi connectivity index (χ4v) is 5.49. The predicted octanol–water partition coefficient (Wildman–Crippen LogP) is 9.99. The number of rotatable bonds is 6. The van der Waals surface area contributed by atoms with Crippen molar-refractivity contribution in [3.05, 3.63) is 220 Å². The number of halogens is 22. The minimum absolute atomic E-state index is 0. The molecule has 0 bridgehead atoms. The Morgan fingerprint density at radius 2 is 0.289 bits per heavy atom. The summed E-state index contributed by atoms with van der Waals surface area (Å²) in [7, 11) is -30.0. The van der Waals surface area contributed by atoms with E-state index in [0.29, 0.717) is 0 Å². The fourth-order valence-electron chi connectivity index (χ4n) is 5.49. The number of hydrogen-bond donors (Lipinski definition) is 0. The largest absolute Gasteiger partial charge is 3.00 e. The Bertz CT molecular complexity index is 2870. The van der Waals surface area contributed by atoms with Crippen molar-refractivity contribution in [2.45, 2.75) is 0 Å². The molecule has 0 saturated carbocycles. The summed E-state index contributed by atoms with van der Waals surface area (Å²) >= 11 is 0. The van der Waals surface area contributed by atoms with E-state index in [1.165, 1.54) is 0 Å². The van der Waals surface area contributed by atoms with Crippen molar-refractivity contribution in [1.29, 1.82) is 0 Å². The van der Waals surface area contributed by atoms with Crippen molar-refractivity contribution in [3.63, 3.8) is 0 Å². The van der Waals surface area contributed by atoms with Crippen LogP contribution < -0.4 is 24.8 Å². The van der Waals surface area contributed by atoms with Crippen LogP contribution in [0, 0.1) is 0 Å². The summed E-state index contributed by atoms with van der Waals surface area (Å²) in [5.41, 5.74) is 9.84. The monoisotopic (exact) mass is 1770 g/mol. The number of nitrogens with zero attached hydrogens (tertiary/aromatic N) is 12. The van der Waals surface area contributed by atoms with E-state index in [1.54, 1.807) is 74.4 Å². The molecule has 10 heterocycles. The standard InChI is InChI=1S/2C14H10N4.2C10H8N2.5BF4.2ClH.2Os.Rh/c2*1-3-7-15-11(5-1)13-14(18-10-9-17-13)12-6-2-4-8-16-12;2*1-3-7-11-9(5-1)10-6-2-4-8-12-10;5*2-1(3,4)5;;;;;/h2*1-10H;2*1-8H;;;;;;2*1H;;;/q;;;;5*-1;;;2*+2;+3/p-2. The van der Waals surface area contributed by atoms with E-state index in [2.05, 4.69) is 59.8 Å². The third-order valence-corrected chi connectivity index (χ3v) is 8.21. The van der Waals surface area contributed by atoms with Crippen LogP contribution in [0.5, 0.6) is 0 Å². The second-order valence-electron chi connectivity index (χ2n) is 14.7. The molecule has 42 heteroatoms. The van der Waals surface area contributed by atoms with Crippen molar-refractivity contribution in [2.24, 2.45) is 0 Å². The van der Waals surface area contributed by atoms with Gasteiger partial charge in [0, 0.05) is 74.4 Å². The van der Waals surface area contributed by atoms with E-state index in [0.717, 1.165) is 68.3 Å². The number of pyridine rings is 8. The Hall–Kier alpha value is -7.24. The molecule has 0 spiro atoms. The van der Waals surface area contributed by atoms with Gasteiger partial charge >= 0.3 is 95.3 Å². The van der Waals surface area contributed by atoms with Crippen molar-refractivity contribution < 1.29 is 170 Å². The molecule has 0 atom stereocenters. The van der Waals surface area contributed by atoms with Gasteiger partial charge in [-0.05, 0) is 97.1 Å². The fraction of sp³-hybridized carbons (Fsp3) is 0. The number of hydrogen-bond acceptors (Lipinski definition) is 12. The molecule has 482 valence electrons. The second-order valence-corrected chi connectivity index (χ2v) is 14.7. The van der Waals surface area contributed by atoms with Crippen LogP contribution in [0.3, 0.4) is 0 Å². The van der Waals surface area contributed by atoms with Gasteiger partial charge in [0.2, 0.25) is 0 Å². The van der Waals surface area contributed by atoms with E-state index in [4.69, 9.17) is 0 Å². The molecule has 0 unspecified atom stereocenters. The third kappa shape index (κ3) is 48.7. The average Bonchev–Trinajstić information content (AvgIpc) is 1.18. The third-order valence-electron chi connectivity index (χ3n) is 8.21. The summed E-state index contributed by atoms with van der Waals surface area (Å²) in [4.78, 5) is 51.4. The average molecular weight is 1770 g/mol. The Kier molecular flexibility index (Phi) is 46.4. The molecule has 0 aromatic carbocycles. The molecule has 0 fully saturated rings. The zero-order valence-electron chi connectivity index (χ0n) is 44.4. The van der Waals surface area contributed by atoms with Crippen LogP contribution >= 0.6 is 0 Å². The van der Waals surface area contributed by atoms with Gasteiger partial charge < -0.3 is 111 Å². The molecule has 12 nitrogen and oxygen atoms in total. The van der Waals surface area contributed by atoms with Gasteiger partial charge in [-0.1, -0.05) is 48.5 Å². The van der Waals surface area contributed by atoms with Crippen LogP contribution in [0.1, 0.15) is 0 Å². The first-order valence-corrected chi connectivity index (χ1v) is 23.1. The van der Waals surface area contributed by atoms with Gasteiger partial charge in [0.25, 0.3) is 0 Å². The Balaban J connectivity index is -0.000000483. The first-order valence-electron chi connectivity index (χ1n) is 23.1. The molecule has 0 amide bonds. The van der Waals surface area contributed by atoms with E-state index in [-0.39, 0.29) is 83.9 Å². The normalized spacial score (nSPS) is 10.0. The smallest absolute Gasteiger partial charge is 1.00 e. The van der Waals surface area contributed by atoms with Crippen LogP contribution in [0.15, 0.2) is 220 Å². The molecule has 0 saturated heterocycles. The summed E-state index contributed by atoms with van der Waals surface area (Å²) in [6.45, 7) is 0. The van der Waals surface area contributed by atoms with Crippen LogP contribution in [0.2, 0.25) is 0 Å². The van der Waals surface area contributed by atoms with Gasteiger partial charge in [0.15, 0.2) is 0 Å². The van der Waals surface area contributed by atoms with E-state index >= 15 is 0 Å². The molecule has 0 N–H and O–H groups in total. The molecule has 10 rings (SSSR count). The maximum Gasteiger partial charge on any atom is 3.00 e. The summed E-state index contributed by atoms with van der Waals surface area (Å²) in [5.74, 6) is 0. The van der Waals surface area contributed by atoms with Gasteiger partial charge in [-0.2, -0.15) is 0 Å². The summed E-state index contributed by atoms with van der Waals surface area (Å²) in [6, 6.07) is 46.1. The Morgan fingerprint density at radius 1 is 0.178 bits per heavy atom. The van der Waals surface area contributed by atoms with Crippen molar-refractivity contribution in [1.82, 2.24) is 59.8 Å². The maximum atomic E-state index is 9.75. The second kappa shape index (κ2) is 46.8. The molecule has 10 aromatic heterocycles. The van der Waals surface area contributed by atoms with Crippen molar-refractivity contribution in [3.8, 4) is 68.3 Å². The minimum Gasteiger partial charge on any atom is -1.00 e. The van der Waals surface area contributed by atoms with E-state index in [9.17, 15) is 86.3 Å². The minimum atomic E-state index is -6.00. The van der Waals surface area contributed by atoms with Crippen LogP contribution in [-0.2, 0) is 59.1 Å². The molecule has 0 aliphatic rings. The number of aromatic nitrogens is 12. The van der Waals surface area contributed by atoms with Crippen molar-refractivity contribution >= 4 is 36.3 Å². The van der Waals surface area contributed by atoms with E-state index in [1.807, 2.05) is 146 Å². The van der Waals surface area contributed by atoms with Crippen LogP contribution in [0.4, 0.5) is 86.3 Å². The molecule has 0 aliphatic carbocycles. The zero-order chi connectivity index (χ0) is 63.4. The van der Waals surface area contributed by atoms with Gasteiger partial charge in [0.05, 0.1) is 45.6 Å². The first-order chi connectivity index (χ1) is 39.8. The van der Waals surface area contributed by atoms with Gasteiger partial charge in [-0.3, -0.25) is 59.8 Å². The quantitative estimate of drug-likeness (QED) is 0.115. The van der Waals surface area contributed by atoms with Gasteiger partial charge in [-0.25, -0.2) is 0 Å². The molecular formula is C48H36B5Cl2F20N12Os2Rh. The van der Waals surface area contributed by atoms with E-state index < -0.39 is 36.3 Å². The van der Waals surface area contributed by atoms with Crippen molar-refractivity contribution in [2.75, 3.05) is 0 Å². The summed E-state index contributed by atoms with van der Waals surface area (Å²) < 4.78 is 195. The maximum absolute atomic E-state index is 9.75. The molecule has 0 aliphatic heterocycles. The molecule has 10 aromatic rings. The Morgan fingerprint density at radius 3 is 0.389 bits per heavy atom. The SMILES string of the molecule is F[B-](F)(F)F.F[B-](F)(F)F.F[B-](F)(F)F.F[B-](F)(F)F.F[B-](F)(F)F.[Cl-].[Cl-].[Os+2].[Os+2].[Rh+3].c1ccc(-c2ccccn2)nc1.c1ccc(-c2ccccn2)nc1.c1ccc(-c2nccnc2-c2ccccn2)nc1.c1ccc(-c2nccnc2-c2ccccn2)nc1. The molecule has 0 radical (unpaired) electrons. The topological polar surface area (TPSA) is 155 Å². The Labute approximate surface area is 551 Å².